The van der Waals surface area contributed by atoms with E-state index >= 15 is 0 Å². The Labute approximate surface area is 79.3 Å². The molecule has 0 spiro atoms. The van der Waals surface area contributed by atoms with Gasteiger partial charge in [-0.15, -0.1) is 11.7 Å². The van der Waals surface area contributed by atoms with Crippen LogP contribution < -0.4 is 11.5 Å². The number of hydrogen-bond donors (Lipinski definition) is 3. The van der Waals surface area contributed by atoms with Gasteiger partial charge in [-0.25, -0.2) is 0 Å². The standard InChI is InChI=1S/C7H8N2OS2/c8-5-3-4(7(9)10)1-2-6(5)12-11/h1-3,11H,8H2,(H2,9,10). The summed E-state index contributed by atoms with van der Waals surface area (Å²) >= 11 is 3.99. The average molecular weight is 200 g/mol. The molecule has 1 aromatic carbocycles. The molecule has 1 amide bonds. The van der Waals surface area contributed by atoms with Gasteiger partial charge in [-0.1, -0.05) is 10.8 Å². The molecule has 0 atom stereocenters. The summed E-state index contributed by atoms with van der Waals surface area (Å²) in [7, 11) is 1.23. The highest BCUT2D eigenvalue weighted by Crippen LogP contribution is 2.27. The Kier molecular flexibility index (Phi) is 2.88. The van der Waals surface area contributed by atoms with Crippen LogP contribution in [0.25, 0.3) is 0 Å². The predicted octanol–water partition coefficient (Wildman–Crippen LogP) is 1.30. The van der Waals surface area contributed by atoms with Crippen molar-refractivity contribution in [3.05, 3.63) is 23.8 Å². The monoisotopic (exact) mass is 200 g/mol. The van der Waals surface area contributed by atoms with Crippen molar-refractivity contribution in [1.29, 1.82) is 0 Å². The summed E-state index contributed by atoms with van der Waals surface area (Å²) in [5.74, 6) is -0.475. The van der Waals surface area contributed by atoms with Crippen molar-refractivity contribution in [2.75, 3.05) is 5.73 Å². The highest BCUT2D eigenvalue weighted by Gasteiger charge is 2.03. The molecule has 0 unspecified atom stereocenters. The highest BCUT2D eigenvalue weighted by molar-refractivity contribution is 8.68. The minimum atomic E-state index is -0.475. The van der Waals surface area contributed by atoms with Gasteiger partial charge in [0, 0.05) is 16.1 Å². The van der Waals surface area contributed by atoms with Crippen LogP contribution in [0.15, 0.2) is 23.1 Å². The summed E-state index contributed by atoms with van der Waals surface area (Å²) < 4.78 is 0. The van der Waals surface area contributed by atoms with E-state index in [1.165, 1.54) is 10.8 Å². The van der Waals surface area contributed by atoms with E-state index < -0.39 is 5.91 Å². The molecule has 4 N–H and O–H groups in total. The van der Waals surface area contributed by atoms with Gasteiger partial charge in [-0.05, 0) is 18.2 Å². The van der Waals surface area contributed by atoms with Crippen LogP contribution in [0, 0.1) is 0 Å². The molecule has 1 rings (SSSR count). The number of thiol groups is 1. The summed E-state index contributed by atoms with van der Waals surface area (Å²) in [6.07, 6.45) is 0. The molecule has 0 aliphatic rings. The third-order valence-corrected chi connectivity index (χ3v) is 2.55. The second-order valence-corrected chi connectivity index (χ2v) is 3.38. The Morgan fingerprint density at radius 1 is 1.50 bits per heavy atom. The molecular weight excluding hydrogens is 192 g/mol. The number of anilines is 1. The van der Waals surface area contributed by atoms with Crippen LogP contribution in [0.3, 0.4) is 0 Å². The van der Waals surface area contributed by atoms with Crippen LogP contribution in [0.1, 0.15) is 10.4 Å². The minimum Gasteiger partial charge on any atom is -0.398 e. The zero-order chi connectivity index (χ0) is 9.14. The summed E-state index contributed by atoms with van der Waals surface area (Å²) in [5.41, 5.74) is 11.6. The first-order valence-electron chi connectivity index (χ1n) is 3.16. The largest absolute Gasteiger partial charge is 0.398 e. The second kappa shape index (κ2) is 3.73. The number of amides is 1. The van der Waals surface area contributed by atoms with Crippen molar-refractivity contribution >= 4 is 34.0 Å². The first-order valence-corrected chi connectivity index (χ1v) is 5.03. The molecule has 0 radical (unpaired) electrons. The lowest BCUT2D eigenvalue weighted by atomic mass is 10.2. The molecule has 0 heterocycles. The topological polar surface area (TPSA) is 69.1 Å². The highest BCUT2D eigenvalue weighted by atomic mass is 33.1. The molecule has 0 saturated heterocycles. The number of nitrogens with two attached hydrogens (primary N) is 2. The van der Waals surface area contributed by atoms with Gasteiger partial charge in [0.15, 0.2) is 0 Å². The fourth-order valence-corrected chi connectivity index (χ4v) is 1.58. The Morgan fingerprint density at radius 2 is 2.17 bits per heavy atom. The van der Waals surface area contributed by atoms with E-state index in [4.69, 9.17) is 11.5 Å². The average Bonchev–Trinajstić information content (AvgIpc) is 2.04. The number of nitrogen functional groups attached to an aromatic ring is 1. The zero-order valence-corrected chi connectivity index (χ0v) is 7.86. The first-order chi connectivity index (χ1) is 5.65. The van der Waals surface area contributed by atoms with E-state index in [1.807, 2.05) is 0 Å². The van der Waals surface area contributed by atoms with Crippen LogP contribution in [-0.4, -0.2) is 5.91 Å². The molecule has 0 bridgehead atoms. The first kappa shape index (κ1) is 9.28. The van der Waals surface area contributed by atoms with Gasteiger partial charge in [-0.3, -0.25) is 4.79 Å². The maximum absolute atomic E-state index is 10.7. The maximum atomic E-state index is 10.7. The lowest BCUT2D eigenvalue weighted by molar-refractivity contribution is 0.100. The van der Waals surface area contributed by atoms with E-state index in [-0.39, 0.29) is 0 Å². The molecular formula is C7H8N2OS2. The Bertz CT molecular complexity index is 314. The van der Waals surface area contributed by atoms with Gasteiger partial charge in [0.2, 0.25) is 5.91 Å². The quantitative estimate of drug-likeness (QED) is 0.383. The molecule has 64 valence electrons. The number of rotatable bonds is 2. The predicted molar refractivity (Wildman–Crippen MR) is 54.2 cm³/mol. The number of carbonyl (C=O) groups is 1. The summed E-state index contributed by atoms with van der Waals surface area (Å²) in [6.45, 7) is 0. The third kappa shape index (κ3) is 1.86. The molecule has 3 nitrogen and oxygen atoms in total. The van der Waals surface area contributed by atoms with Crippen molar-refractivity contribution in [2.45, 2.75) is 4.90 Å². The van der Waals surface area contributed by atoms with Crippen LogP contribution in [0.4, 0.5) is 5.69 Å². The van der Waals surface area contributed by atoms with Crippen molar-refractivity contribution in [3.8, 4) is 0 Å². The molecule has 5 heteroatoms. The SMILES string of the molecule is NC(=O)c1ccc(SS)c(N)c1. The molecule has 12 heavy (non-hydrogen) atoms. The van der Waals surface area contributed by atoms with Gasteiger partial charge in [0.05, 0.1) is 0 Å². The fourth-order valence-electron chi connectivity index (χ4n) is 0.785. The smallest absolute Gasteiger partial charge is 0.248 e. The number of primary amides is 1. The van der Waals surface area contributed by atoms with Crippen molar-refractivity contribution < 1.29 is 4.79 Å². The van der Waals surface area contributed by atoms with E-state index in [1.54, 1.807) is 18.2 Å². The lowest BCUT2D eigenvalue weighted by Gasteiger charge is -2.02. The van der Waals surface area contributed by atoms with Crippen LogP contribution in [0.2, 0.25) is 0 Å². The van der Waals surface area contributed by atoms with E-state index in [0.29, 0.717) is 11.3 Å². The molecule has 0 aromatic heterocycles. The fraction of sp³-hybridized carbons (Fsp3) is 0. The van der Waals surface area contributed by atoms with Gasteiger partial charge >= 0.3 is 0 Å². The van der Waals surface area contributed by atoms with Gasteiger partial charge in [-0.2, -0.15) is 0 Å². The van der Waals surface area contributed by atoms with Crippen LogP contribution in [0.5, 0.6) is 0 Å². The zero-order valence-electron chi connectivity index (χ0n) is 6.15. The van der Waals surface area contributed by atoms with Gasteiger partial charge in [0.1, 0.15) is 0 Å². The third-order valence-electron chi connectivity index (χ3n) is 1.39. The van der Waals surface area contributed by atoms with Gasteiger partial charge < -0.3 is 11.5 Å². The molecule has 0 aliphatic carbocycles. The van der Waals surface area contributed by atoms with Crippen LogP contribution >= 0.6 is 22.5 Å². The van der Waals surface area contributed by atoms with Crippen molar-refractivity contribution in [1.82, 2.24) is 0 Å². The normalized spacial score (nSPS) is 9.75. The summed E-state index contributed by atoms with van der Waals surface area (Å²) in [5, 5.41) is 0. The summed E-state index contributed by atoms with van der Waals surface area (Å²) in [4.78, 5) is 11.5. The van der Waals surface area contributed by atoms with Crippen LogP contribution in [-0.2, 0) is 0 Å². The Balaban J connectivity index is 3.10. The molecule has 0 fully saturated rings. The van der Waals surface area contributed by atoms with E-state index in [2.05, 4.69) is 11.7 Å². The Morgan fingerprint density at radius 3 is 2.58 bits per heavy atom. The molecule has 1 aromatic rings. The maximum Gasteiger partial charge on any atom is 0.248 e. The van der Waals surface area contributed by atoms with Gasteiger partial charge in [0.25, 0.3) is 0 Å². The van der Waals surface area contributed by atoms with E-state index in [0.717, 1.165) is 4.90 Å². The summed E-state index contributed by atoms with van der Waals surface area (Å²) in [6, 6.07) is 4.88. The second-order valence-electron chi connectivity index (χ2n) is 2.21. The minimum absolute atomic E-state index is 0.415. The number of hydrogen-bond acceptors (Lipinski definition) is 4. The number of benzene rings is 1. The Hall–Kier alpha value is -0.810. The number of carbonyl (C=O) groups excluding carboxylic acids is 1. The molecule has 0 aliphatic heterocycles. The lowest BCUT2D eigenvalue weighted by Crippen LogP contribution is -2.11. The van der Waals surface area contributed by atoms with E-state index in [9.17, 15) is 4.79 Å². The molecule has 0 saturated carbocycles. The van der Waals surface area contributed by atoms with Crippen molar-refractivity contribution in [3.63, 3.8) is 0 Å². The van der Waals surface area contributed by atoms with Crippen molar-refractivity contribution in [2.24, 2.45) is 5.73 Å².